The van der Waals surface area contributed by atoms with Gasteiger partial charge in [-0.2, -0.15) is 0 Å². The Balaban J connectivity index is 2.20. The summed E-state index contributed by atoms with van der Waals surface area (Å²) in [5, 5.41) is 6.47. The van der Waals surface area contributed by atoms with Crippen LogP contribution in [0.4, 0.5) is 0 Å². The lowest BCUT2D eigenvalue weighted by molar-refractivity contribution is -0.121. The quantitative estimate of drug-likeness (QED) is 0.733. The zero-order valence-electron chi connectivity index (χ0n) is 12.3. The summed E-state index contributed by atoms with van der Waals surface area (Å²) in [6, 6.07) is 0.807. The van der Waals surface area contributed by atoms with Crippen LogP contribution in [-0.4, -0.2) is 24.5 Å². The van der Waals surface area contributed by atoms with Gasteiger partial charge in [0.15, 0.2) is 0 Å². The number of rotatable bonds is 7. The number of amides is 1. The second kappa shape index (κ2) is 8.52. The highest BCUT2D eigenvalue weighted by Gasteiger charge is 2.20. The van der Waals surface area contributed by atoms with E-state index in [1.54, 1.807) is 0 Å². The van der Waals surface area contributed by atoms with Gasteiger partial charge in [0.1, 0.15) is 0 Å². The maximum Gasteiger partial charge on any atom is 0.234 e. The molecule has 2 N–H and O–H groups in total. The first kappa shape index (κ1) is 15.5. The summed E-state index contributed by atoms with van der Waals surface area (Å²) < 4.78 is 0. The third-order valence-electron chi connectivity index (χ3n) is 4.29. The van der Waals surface area contributed by atoms with Gasteiger partial charge in [0.2, 0.25) is 5.91 Å². The first-order valence-electron chi connectivity index (χ1n) is 7.70. The van der Waals surface area contributed by atoms with Crippen molar-refractivity contribution in [1.29, 1.82) is 0 Å². The molecule has 0 heterocycles. The lowest BCUT2D eigenvalue weighted by Gasteiger charge is -2.28. The number of nitrogens with one attached hydrogen (secondary N) is 2. The van der Waals surface area contributed by atoms with E-state index in [4.69, 9.17) is 0 Å². The summed E-state index contributed by atoms with van der Waals surface area (Å²) >= 11 is 0. The molecule has 1 aliphatic rings. The molecule has 106 valence electrons. The molecule has 0 saturated heterocycles. The summed E-state index contributed by atoms with van der Waals surface area (Å²) in [4.78, 5) is 11.8. The van der Waals surface area contributed by atoms with Gasteiger partial charge in [-0.1, -0.05) is 33.1 Å². The molecule has 1 fully saturated rings. The van der Waals surface area contributed by atoms with Crippen molar-refractivity contribution < 1.29 is 4.79 Å². The summed E-state index contributed by atoms with van der Waals surface area (Å²) in [6.07, 6.45) is 8.77. The van der Waals surface area contributed by atoms with Crippen LogP contribution in [0.5, 0.6) is 0 Å². The van der Waals surface area contributed by atoms with Gasteiger partial charge in [-0.15, -0.1) is 0 Å². The van der Waals surface area contributed by atoms with Crippen LogP contribution in [-0.2, 0) is 4.79 Å². The molecule has 3 heteroatoms. The van der Waals surface area contributed by atoms with E-state index >= 15 is 0 Å². The molecular formula is C15H30N2O. The minimum absolute atomic E-state index is 0.145. The van der Waals surface area contributed by atoms with Crippen molar-refractivity contribution in [2.75, 3.05) is 6.54 Å². The number of carbonyl (C=O) groups excluding carboxylic acids is 1. The van der Waals surface area contributed by atoms with E-state index in [1.807, 2.05) is 0 Å². The summed E-state index contributed by atoms with van der Waals surface area (Å²) in [6.45, 7) is 6.92. The number of hydrogen-bond donors (Lipinski definition) is 2. The van der Waals surface area contributed by atoms with Crippen LogP contribution in [0.1, 0.15) is 65.7 Å². The summed E-state index contributed by atoms with van der Waals surface area (Å²) in [5.74, 6) is 0.908. The molecule has 0 spiro atoms. The Labute approximate surface area is 112 Å². The van der Waals surface area contributed by atoms with Gasteiger partial charge in [-0.25, -0.2) is 0 Å². The Morgan fingerprint density at radius 2 is 1.78 bits per heavy atom. The molecule has 3 nitrogen and oxygen atoms in total. The maximum absolute atomic E-state index is 11.8. The van der Waals surface area contributed by atoms with E-state index in [-0.39, 0.29) is 5.91 Å². The largest absolute Gasteiger partial charge is 0.352 e. The van der Waals surface area contributed by atoms with E-state index in [2.05, 4.69) is 31.4 Å². The zero-order valence-corrected chi connectivity index (χ0v) is 12.3. The van der Waals surface area contributed by atoms with E-state index in [0.717, 1.165) is 18.8 Å². The summed E-state index contributed by atoms with van der Waals surface area (Å²) in [7, 11) is 0. The van der Waals surface area contributed by atoms with Gasteiger partial charge in [-0.3, -0.25) is 4.79 Å². The topological polar surface area (TPSA) is 41.1 Å². The molecule has 1 atom stereocenters. The van der Waals surface area contributed by atoms with E-state index in [0.29, 0.717) is 18.6 Å². The second-order valence-corrected chi connectivity index (χ2v) is 5.65. The molecule has 1 aliphatic carbocycles. The molecule has 0 aliphatic heterocycles. The van der Waals surface area contributed by atoms with Gasteiger partial charge in [0, 0.05) is 12.1 Å². The fraction of sp³-hybridized carbons (Fsp3) is 0.933. The average Bonchev–Trinajstić information content (AvgIpc) is 2.43. The smallest absolute Gasteiger partial charge is 0.234 e. The van der Waals surface area contributed by atoms with Crippen molar-refractivity contribution >= 4 is 5.91 Å². The Bertz CT molecular complexity index is 233. The van der Waals surface area contributed by atoms with Gasteiger partial charge in [0.05, 0.1) is 6.54 Å². The van der Waals surface area contributed by atoms with E-state index in [1.165, 1.54) is 32.1 Å². The molecule has 0 unspecified atom stereocenters. The molecule has 0 aromatic heterocycles. The van der Waals surface area contributed by atoms with Gasteiger partial charge < -0.3 is 10.6 Å². The van der Waals surface area contributed by atoms with Crippen LogP contribution in [0.2, 0.25) is 0 Å². The summed E-state index contributed by atoms with van der Waals surface area (Å²) in [5.41, 5.74) is 0. The normalized spacial score (nSPS) is 18.9. The van der Waals surface area contributed by atoms with Gasteiger partial charge >= 0.3 is 0 Å². The fourth-order valence-electron chi connectivity index (χ4n) is 2.83. The van der Waals surface area contributed by atoms with Crippen LogP contribution in [0, 0.1) is 5.92 Å². The molecule has 1 amide bonds. The Hall–Kier alpha value is -0.570. The molecule has 0 bridgehead atoms. The third-order valence-corrected chi connectivity index (χ3v) is 4.29. The minimum atomic E-state index is 0.145. The van der Waals surface area contributed by atoms with Crippen LogP contribution in [0.3, 0.4) is 0 Å². The van der Waals surface area contributed by atoms with Crippen LogP contribution in [0.15, 0.2) is 0 Å². The lowest BCUT2D eigenvalue weighted by atomic mass is 9.84. The Morgan fingerprint density at radius 3 is 2.33 bits per heavy atom. The first-order valence-corrected chi connectivity index (χ1v) is 7.70. The highest BCUT2D eigenvalue weighted by molar-refractivity contribution is 5.78. The first-order chi connectivity index (χ1) is 8.67. The highest BCUT2D eigenvalue weighted by atomic mass is 16.1. The maximum atomic E-state index is 11.8. The Morgan fingerprint density at radius 1 is 1.17 bits per heavy atom. The molecular weight excluding hydrogens is 224 g/mol. The van der Waals surface area contributed by atoms with Crippen LogP contribution >= 0.6 is 0 Å². The lowest BCUT2D eigenvalue weighted by Crippen LogP contribution is -2.44. The average molecular weight is 254 g/mol. The van der Waals surface area contributed by atoms with Crippen molar-refractivity contribution in [3.05, 3.63) is 0 Å². The third kappa shape index (κ3) is 5.38. The van der Waals surface area contributed by atoms with Crippen LogP contribution < -0.4 is 10.6 Å². The molecule has 18 heavy (non-hydrogen) atoms. The Kier molecular flexibility index (Phi) is 7.33. The van der Waals surface area contributed by atoms with Crippen molar-refractivity contribution in [3.8, 4) is 0 Å². The minimum Gasteiger partial charge on any atom is -0.352 e. The fourth-order valence-corrected chi connectivity index (χ4v) is 2.83. The predicted octanol–water partition coefficient (Wildman–Crippen LogP) is 2.85. The van der Waals surface area contributed by atoms with Crippen molar-refractivity contribution in [2.24, 2.45) is 5.92 Å². The number of carbonyl (C=O) groups is 1. The molecule has 0 radical (unpaired) electrons. The SMILES string of the molecule is CCC(CC)NC(=O)CN[C@@H](C)C1CCCCC1. The highest BCUT2D eigenvalue weighted by Crippen LogP contribution is 2.26. The van der Waals surface area contributed by atoms with E-state index in [9.17, 15) is 4.79 Å². The van der Waals surface area contributed by atoms with Crippen LogP contribution in [0.25, 0.3) is 0 Å². The standard InChI is InChI=1S/C15H30N2O/c1-4-14(5-2)17-15(18)11-16-12(3)13-9-7-6-8-10-13/h12-14,16H,4-11H2,1-3H3,(H,17,18)/t12-/m0/s1. The zero-order chi connectivity index (χ0) is 13.4. The second-order valence-electron chi connectivity index (χ2n) is 5.65. The van der Waals surface area contributed by atoms with Crippen molar-refractivity contribution in [3.63, 3.8) is 0 Å². The monoisotopic (exact) mass is 254 g/mol. The van der Waals surface area contributed by atoms with Crippen molar-refractivity contribution in [1.82, 2.24) is 10.6 Å². The van der Waals surface area contributed by atoms with Gasteiger partial charge in [-0.05, 0) is 38.5 Å². The van der Waals surface area contributed by atoms with Crippen molar-refractivity contribution in [2.45, 2.75) is 77.8 Å². The number of hydrogen-bond acceptors (Lipinski definition) is 2. The predicted molar refractivity (Wildman–Crippen MR) is 76.6 cm³/mol. The molecule has 1 rings (SSSR count). The molecule has 0 aromatic carbocycles. The molecule has 0 aromatic rings. The molecule has 1 saturated carbocycles. The van der Waals surface area contributed by atoms with E-state index < -0.39 is 0 Å². The van der Waals surface area contributed by atoms with Gasteiger partial charge in [0.25, 0.3) is 0 Å².